The van der Waals surface area contributed by atoms with Crippen molar-refractivity contribution in [3.05, 3.63) is 38.7 Å². The molecule has 1 fully saturated rings. The van der Waals surface area contributed by atoms with Crippen molar-refractivity contribution in [1.29, 1.82) is 0 Å². The summed E-state index contributed by atoms with van der Waals surface area (Å²) in [6.45, 7) is 2.02. The van der Waals surface area contributed by atoms with Crippen LogP contribution in [0.2, 0.25) is 0 Å². The molecule has 0 amide bonds. The Labute approximate surface area is 137 Å². The minimum absolute atomic E-state index is 0.120. The van der Waals surface area contributed by atoms with Gasteiger partial charge in [-0.15, -0.1) is 11.3 Å². The molecule has 0 unspecified atom stereocenters. The molecule has 2 N–H and O–H groups in total. The summed E-state index contributed by atoms with van der Waals surface area (Å²) in [7, 11) is 0. The van der Waals surface area contributed by atoms with Crippen molar-refractivity contribution in [3.8, 4) is 0 Å². The fourth-order valence-corrected chi connectivity index (χ4v) is 3.23. The largest absolute Gasteiger partial charge is 0.378 e. The number of rotatable bonds is 6. The predicted octanol–water partition coefficient (Wildman–Crippen LogP) is 2.21. The number of nitrogen functional groups attached to an aromatic ring is 1. The molecule has 1 aliphatic heterocycles. The van der Waals surface area contributed by atoms with Crippen molar-refractivity contribution < 1.29 is 9.66 Å². The Kier molecular flexibility index (Phi) is 4.68. The van der Waals surface area contributed by atoms with Crippen molar-refractivity contribution in [1.82, 2.24) is 9.97 Å². The minimum Gasteiger partial charge on any atom is -0.378 e. The number of hydrogen-bond donors (Lipinski definition) is 1. The highest BCUT2D eigenvalue weighted by atomic mass is 32.1. The van der Waals surface area contributed by atoms with Gasteiger partial charge in [-0.1, -0.05) is 6.07 Å². The van der Waals surface area contributed by atoms with E-state index in [1.54, 1.807) is 11.3 Å². The van der Waals surface area contributed by atoms with E-state index < -0.39 is 4.92 Å². The molecule has 0 bridgehead atoms. The molecular weight excluding hydrogens is 318 g/mol. The van der Waals surface area contributed by atoms with E-state index in [0.717, 1.165) is 30.5 Å². The van der Waals surface area contributed by atoms with Gasteiger partial charge in [0, 0.05) is 18.0 Å². The summed E-state index contributed by atoms with van der Waals surface area (Å²) in [6, 6.07) is 4.01. The number of aromatic nitrogens is 2. The maximum atomic E-state index is 10.9. The van der Waals surface area contributed by atoms with Gasteiger partial charge in [-0.05, 0) is 24.3 Å². The summed E-state index contributed by atoms with van der Waals surface area (Å²) in [5.41, 5.74) is 5.42. The number of hydrogen-bond acceptors (Lipinski definition) is 8. The van der Waals surface area contributed by atoms with Gasteiger partial charge in [0.05, 0.1) is 17.6 Å². The highest BCUT2D eigenvalue weighted by molar-refractivity contribution is 7.09. The Bertz CT molecular complexity index is 673. The molecule has 23 heavy (non-hydrogen) atoms. The molecular formula is C14H17N5O3S. The van der Waals surface area contributed by atoms with Crippen LogP contribution in [0.5, 0.6) is 0 Å². The van der Waals surface area contributed by atoms with Crippen LogP contribution in [0.25, 0.3) is 0 Å². The Hall–Kier alpha value is -2.26. The highest BCUT2D eigenvalue weighted by Gasteiger charge is 2.23. The second kappa shape index (κ2) is 6.88. The van der Waals surface area contributed by atoms with E-state index in [9.17, 15) is 10.1 Å². The molecule has 9 heteroatoms. The predicted molar refractivity (Wildman–Crippen MR) is 87.4 cm³/mol. The minimum atomic E-state index is -0.581. The molecule has 3 heterocycles. The lowest BCUT2D eigenvalue weighted by Crippen LogP contribution is -2.33. The summed E-state index contributed by atoms with van der Waals surface area (Å²) in [5.74, 6) is 0.264. The monoisotopic (exact) mass is 335 g/mol. The second-order valence-corrected chi connectivity index (χ2v) is 6.32. The smallest absolute Gasteiger partial charge is 0.329 e. The van der Waals surface area contributed by atoms with Gasteiger partial charge in [-0.2, -0.15) is 4.98 Å². The van der Waals surface area contributed by atoms with Crippen LogP contribution in [0.4, 0.5) is 17.5 Å². The molecule has 0 saturated carbocycles. The summed E-state index contributed by atoms with van der Waals surface area (Å²) >= 11 is 1.64. The van der Waals surface area contributed by atoms with Crippen LogP contribution in [0.3, 0.4) is 0 Å². The Morgan fingerprint density at radius 2 is 2.43 bits per heavy atom. The fourth-order valence-electron chi connectivity index (χ4n) is 2.51. The van der Waals surface area contributed by atoms with Gasteiger partial charge in [0.1, 0.15) is 6.20 Å². The lowest BCUT2D eigenvalue weighted by Gasteiger charge is -2.25. The third kappa shape index (κ3) is 3.74. The van der Waals surface area contributed by atoms with Crippen LogP contribution in [0.1, 0.15) is 17.7 Å². The molecule has 0 radical (unpaired) electrons. The van der Waals surface area contributed by atoms with Crippen LogP contribution in [0, 0.1) is 10.1 Å². The van der Waals surface area contributed by atoms with E-state index >= 15 is 0 Å². The van der Waals surface area contributed by atoms with Crippen molar-refractivity contribution in [2.24, 2.45) is 0 Å². The molecule has 2 aromatic rings. The number of nitro groups is 1. The first-order valence-electron chi connectivity index (χ1n) is 7.29. The van der Waals surface area contributed by atoms with Crippen molar-refractivity contribution in [3.63, 3.8) is 0 Å². The van der Waals surface area contributed by atoms with Crippen LogP contribution >= 0.6 is 11.3 Å². The Morgan fingerprint density at radius 1 is 1.57 bits per heavy atom. The zero-order valence-electron chi connectivity index (χ0n) is 12.4. The summed E-state index contributed by atoms with van der Waals surface area (Å²) in [5, 5.41) is 12.9. The first-order valence-corrected chi connectivity index (χ1v) is 8.17. The van der Waals surface area contributed by atoms with E-state index in [-0.39, 0.29) is 17.6 Å². The molecule has 0 aromatic carbocycles. The lowest BCUT2D eigenvalue weighted by molar-refractivity contribution is -0.384. The van der Waals surface area contributed by atoms with E-state index in [2.05, 4.69) is 9.97 Å². The van der Waals surface area contributed by atoms with Gasteiger partial charge in [0.2, 0.25) is 11.8 Å². The summed E-state index contributed by atoms with van der Waals surface area (Å²) < 4.78 is 5.68. The summed E-state index contributed by atoms with van der Waals surface area (Å²) in [6.07, 6.45) is 3.31. The van der Waals surface area contributed by atoms with Gasteiger partial charge in [-0.25, -0.2) is 4.98 Å². The first kappa shape index (κ1) is 15.6. The maximum Gasteiger partial charge on any atom is 0.329 e. The molecule has 0 spiro atoms. The molecule has 0 aliphatic carbocycles. The van der Waals surface area contributed by atoms with Crippen LogP contribution in [-0.4, -0.2) is 34.1 Å². The van der Waals surface area contributed by atoms with Crippen molar-refractivity contribution in [2.45, 2.75) is 25.5 Å². The zero-order chi connectivity index (χ0) is 16.2. The molecule has 2 aromatic heterocycles. The van der Waals surface area contributed by atoms with Crippen LogP contribution in [0.15, 0.2) is 23.7 Å². The molecule has 1 aliphatic rings. The van der Waals surface area contributed by atoms with E-state index in [1.165, 1.54) is 0 Å². The van der Waals surface area contributed by atoms with Gasteiger partial charge < -0.3 is 15.4 Å². The number of nitrogens with two attached hydrogens (primary N) is 1. The van der Waals surface area contributed by atoms with Gasteiger partial charge in [-0.3, -0.25) is 10.1 Å². The SMILES string of the molecule is Nc1nc(N(Cc2cccs2)C[C@H]2CCCO2)ncc1[N+](=O)[O-]. The van der Waals surface area contributed by atoms with E-state index in [1.807, 2.05) is 22.4 Å². The van der Waals surface area contributed by atoms with Crippen molar-refractivity contribution in [2.75, 3.05) is 23.8 Å². The van der Waals surface area contributed by atoms with Crippen LogP contribution in [-0.2, 0) is 11.3 Å². The molecule has 1 saturated heterocycles. The number of ether oxygens (including phenoxy) is 1. The lowest BCUT2D eigenvalue weighted by atomic mass is 10.2. The molecule has 1 atom stereocenters. The molecule has 3 rings (SSSR count). The average molecular weight is 335 g/mol. The topological polar surface area (TPSA) is 107 Å². The molecule has 8 nitrogen and oxygen atoms in total. The normalized spacial score (nSPS) is 17.3. The number of anilines is 2. The van der Waals surface area contributed by atoms with Gasteiger partial charge >= 0.3 is 5.69 Å². The van der Waals surface area contributed by atoms with E-state index in [0.29, 0.717) is 19.0 Å². The third-order valence-electron chi connectivity index (χ3n) is 3.64. The maximum absolute atomic E-state index is 10.9. The number of nitrogens with zero attached hydrogens (tertiary/aromatic N) is 4. The number of thiophene rings is 1. The average Bonchev–Trinajstić information content (AvgIpc) is 3.19. The van der Waals surface area contributed by atoms with Crippen molar-refractivity contribution >= 4 is 28.8 Å². The van der Waals surface area contributed by atoms with E-state index in [4.69, 9.17) is 10.5 Å². The third-order valence-corrected chi connectivity index (χ3v) is 4.50. The fraction of sp³-hybridized carbons (Fsp3) is 0.429. The second-order valence-electron chi connectivity index (χ2n) is 5.29. The first-order chi connectivity index (χ1) is 11.1. The van der Waals surface area contributed by atoms with Crippen LogP contribution < -0.4 is 10.6 Å². The van der Waals surface area contributed by atoms with Gasteiger partial charge in [0.25, 0.3) is 0 Å². The Morgan fingerprint density at radius 3 is 3.04 bits per heavy atom. The summed E-state index contributed by atoms with van der Waals surface area (Å²) in [4.78, 5) is 21.6. The zero-order valence-corrected chi connectivity index (χ0v) is 13.2. The molecule has 122 valence electrons. The standard InChI is InChI=1S/C14H17N5O3S/c15-13-12(19(20)21)7-16-14(17-13)18(8-10-3-1-5-22-10)9-11-4-2-6-23-11/h2,4,6-7,10H,1,3,5,8-9H2,(H2,15,16,17)/t10-/m1/s1. The van der Waals surface area contributed by atoms with Gasteiger partial charge in [0.15, 0.2) is 0 Å². The quantitative estimate of drug-likeness (QED) is 0.637. The Balaban J connectivity index is 1.84. The highest BCUT2D eigenvalue weighted by Crippen LogP contribution is 2.24.